The van der Waals surface area contributed by atoms with Gasteiger partial charge in [0.15, 0.2) is 0 Å². The molecule has 2 heterocycles. The third kappa shape index (κ3) is 4.24. The van der Waals surface area contributed by atoms with Crippen LogP contribution in [-0.4, -0.2) is 32.9 Å². The molecule has 0 saturated carbocycles. The standard InChI is InChI=1S/C13H19N5O/c1-3-8-19-12-4-5-14-13(17-12)15-6-7-18-10-11(2)9-16-18/h4-5,9-10H,3,6-8H2,1-2H3,(H,14,15,17). The zero-order valence-corrected chi connectivity index (χ0v) is 11.3. The maximum absolute atomic E-state index is 5.46. The van der Waals surface area contributed by atoms with Crippen molar-refractivity contribution in [3.8, 4) is 5.88 Å². The van der Waals surface area contributed by atoms with Crippen LogP contribution in [0.15, 0.2) is 24.7 Å². The van der Waals surface area contributed by atoms with Crippen molar-refractivity contribution in [1.29, 1.82) is 0 Å². The molecule has 0 saturated heterocycles. The molecule has 2 aromatic heterocycles. The van der Waals surface area contributed by atoms with Gasteiger partial charge in [0.1, 0.15) is 0 Å². The molecule has 0 aliphatic carbocycles. The summed E-state index contributed by atoms with van der Waals surface area (Å²) in [4.78, 5) is 8.42. The number of hydrogen-bond donors (Lipinski definition) is 1. The molecule has 0 aliphatic heterocycles. The molecule has 0 spiro atoms. The van der Waals surface area contributed by atoms with Gasteiger partial charge in [-0.25, -0.2) is 4.98 Å². The molecule has 0 aromatic carbocycles. The number of rotatable bonds is 7. The van der Waals surface area contributed by atoms with Crippen LogP contribution in [0.25, 0.3) is 0 Å². The minimum atomic E-state index is 0.581. The van der Waals surface area contributed by atoms with Gasteiger partial charge in [-0.3, -0.25) is 4.68 Å². The van der Waals surface area contributed by atoms with Gasteiger partial charge >= 0.3 is 0 Å². The third-order valence-corrected chi connectivity index (χ3v) is 2.47. The summed E-state index contributed by atoms with van der Waals surface area (Å²) >= 11 is 0. The summed E-state index contributed by atoms with van der Waals surface area (Å²) in [6, 6.07) is 1.76. The highest BCUT2D eigenvalue weighted by molar-refractivity contribution is 5.27. The van der Waals surface area contributed by atoms with Crippen molar-refractivity contribution < 1.29 is 4.74 Å². The molecule has 0 amide bonds. The molecule has 0 fully saturated rings. The Hall–Kier alpha value is -2.11. The highest BCUT2D eigenvalue weighted by Gasteiger charge is 2.00. The van der Waals surface area contributed by atoms with Crippen LogP contribution in [-0.2, 0) is 6.54 Å². The molecule has 1 N–H and O–H groups in total. The van der Waals surface area contributed by atoms with Crippen molar-refractivity contribution in [2.45, 2.75) is 26.8 Å². The first-order valence-electron chi connectivity index (χ1n) is 6.46. The molecule has 0 aliphatic rings. The van der Waals surface area contributed by atoms with Crippen molar-refractivity contribution in [1.82, 2.24) is 19.7 Å². The molecule has 6 heteroatoms. The molecule has 0 radical (unpaired) electrons. The van der Waals surface area contributed by atoms with Crippen molar-refractivity contribution in [2.24, 2.45) is 0 Å². The average Bonchev–Trinajstić information content (AvgIpc) is 2.83. The molecule has 0 bridgehead atoms. The fraction of sp³-hybridized carbons (Fsp3) is 0.462. The smallest absolute Gasteiger partial charge is 0.226 e. The highest BCUT2D eigenvalue weighted by Crippen LogP contribution is 2.08. The van der Waals surface area contributed by atoms with Crippen LogP contribution in [0, 0.1) is 6.92 Å². The molecule has 2 aromatic rings. The minimum Gasteiger partial charge on any atom is -0.478 e. The minimum absolute atomic E-state index is 0.581. The van der Waals surface area contributed by atoms with Gasteiger partial charge < -0.3 is 10.1 Å². The summed E-state index contributed by atoms with van der Waals surface area (Å²) in [5.41, 5.74) is 1.16. The van der Waals surface area contributed by atoms with Crippen molar-refractivity contribution >= 4 is 5.95 Å². The van der Waals surface area contributed by atoms with Gasteiger partial charge in [0.05, 0.1) is 19.3 Å². The zero-order chi connectivity index (χ0) is 13.5. The normalized spacial score (nSPS) is 10.4. The van der Waals surface area contributed by atoms with Crippen LogP contribution in [0.1, 0.15) is 18.9 Å². The van der Waals surface area contributed by atoms with Crippen LogP contribution in [0.4, 0.5) is 5.95 Å². The number of aromatic nitrogens is 4. The quantitative estimate of drug-likeness (QED) is 0.824. The van der Waals surface area contributed by atoms with Crippen LogP contribution >= 0.6 is 0 Å². The molecule has 2 rings (SSSR count). The summed E-state index contributed by atoms with van der Waals surface area (Å²) in [6.45, 7) is 6.25. The second-order valence-electron chi connectivity index (χ2n) is 4.27. The summed E-state index contributed by atoms with van der Waals surface area (Å²) < 4.78 is 7.34. The Bertz CT molecular complexity index is 511. The Morgan fingerprint density at radius 1 is 1.42 bits per heavy atom. The molecule has 0 unspecified atom stereocenters. The molecular formula is C13H19N5O. The predicted octanol–water partition coefficient (Wildman–Crippen LogP) is 1.88. The van der Waals surface area contributed by atoms with E-state index in [9.17, 15) is 0 Å². The van der Waals surface area contributed by atoms with Crippen LogP contribution in [0.3, 0.4) is 0 Å². The van der Waals surface area contributed by atoms with Gasteiger partial charge in [0, 0.05) is 25.0 Å². The van der Waals surface area contributed by atoms with E-state index in [2.05, 4.69) is 27.3 Å². The van der Waals surface area contributed by atoms with E-state index in [0.29, 0.717) is 18.4 Å². The summed E-state index contributed by atoms with van der Waals surface area (Å²) in [6.07, 6.45) is 6.50. The van der Waals surface area contributed by atoms with Gasteiger partial charge in [-0.05, 0) is 18.9 Å². The van der Waals surface area contributed by atoms with E-state index in [1.54, 1.807) is 12.3 Å². The third-order valence-electron chi connectivity index (χ3n) is 2.47. The van der Waals surface area contributed by atoms with E-state index in [-0.39, 0.29) is 0 Å². The zero-order valence-electron chi connectivity index (χ0n) is 11.3. The van der Waals surface area contributed by atoms with E-state index in [0.717, 1.165) is 25.1 Å². The largest absolute Gasteiger partial charge is 0.478 e. The Kier molecular flexibility index (Phi) is 4.72. The van der Waals surface area contributed by atoms with Crippen LogP contribution < -0.4 is 10.1 Å². The van der Waals surface area contributed by atoms with Gasteiger partial charge in [-0.2, -0.15) is 10.1 Å². The number of hydrogen-bond acceptors (Lipinski definition) is 5. The number of aryl methyl sites for hydroxylation is 1. The van der Waals surface area contributed by atoms with Gasteiger partial charge in [-0.1, -0.05) is 6.92 Å². The second-order valence-corrected chi connectivity index (χ2v) is 4.27. The Morgan fingerprint density at radius 2 is 2.32 bits per heavy atom. The first kappa shape index (κ1) is 13.3. The topological polar surface area (TPSA) is 64.9 Å². The Morgan fingerprint density at radius 3 is 3.05 bits per heavy atom. The second kappa shape index (κ2) is 6.72. The van der Waals surface area contributed by atoms with E-state index >= 15 is 0 Å². The van der Waals surface area contributed by atoms with Crippen LogP contribution in [0.2, 0.25) is 0 Å². The average molecular weight is 261 g/mol. The first-order valence-corrected chi connectivity index (χ1v) is 6.46. The van der Waals surface area contributed by atoms with E-state index in [1.807, 2.05) is 24.0 Å². The molecular weight excluding hydrogens is 242 g/mol. The molecule has 19 heavy (non-hydrogen) atoms. The molecule has 6 nitrogen and oxygen atoms in total. The first-order chi connectivity index (χ1) is 9.28. The maximum atomic E-state index is 5.46. The van der Waals surface area contributed by atoms with Crippen molar-refractivity contribution in [3.05, 3.63) is 30.2 Å². The lowest BCUT2D eigenvalue weighted by Crippen LogP contribution is -2.13. The number of anilines is 1. The van der Waals surface area contributed by atoms with Crippen molar-refractivity contribution in [2.75, 3.05) is 18.5 Å². The summed E-state index contributed by atoms with van der Waals surface area (Å²) in [5.74, 6) is 1.19. The summed E-state index contributed by atoms with van der Waals surface area (Å²) in [7, 11) is 0. The van der Waals surface area contributed by atoms with E-state index in [4.69, 9.17) is 4.74 Å². The summed E-state index contributed by atoms with van der Waals surface area (Å²) in [5, 5.41) is 7.37. The monoisotopic (exact) mass is 261 g/mol. The number of nitrogens with zero attached hydrogens (tertiary/aromatic N) is 4. The van der Waals surface area contributed by atoms with E-state index < -0.39 is 0 Å². The predicted molar refractivity (Wildman–Crippen MR) is 73.3 cm³/mol. The SMILES string of the molecule is CCCOc1ccnc(NCCn2cc(C)cn2)n1. The lowest BCUT2D eigenvalue weighted by Gasteiger charge is -2.07. The lowest BCUT2D eigenvalue weighted by molar-refractivity contribution is 0.305. The van der Waals surface area contributed by atoms with Gasteiger partial charge in [0.25, 0.3) is 0 Å². The van der Waals surface area contributed by atoms with Crippen molar-refractivity contribution in [3.63, 3.8) is 0 Å². The lowest BCUT2D eigenvalue weighted by atomic mass is 10.4. The van der Waals surface area contributed by atoms with Crippen LogP contribution in [0.5, 0.6) is 5.88 Å². The Balaban J connectivity index is 1.82. The molecule has 102 valence electrons. The van der Waals surface area contributed by atoms with Gasteiger partial charge in [-0.15, -0.1) is 0 Å². The Labute approximate surface area is 112 Å². The molecule has 0 atom stereocenters. The van der Waals surface area contributed by atoms with Gasteiger partial charge in [0.2, 0.25) is 11.8 Å². The maximum Gasteiger partial charge on any atom is 0.226 e. The highest BCUT2D eigenvalue weighted by atomic mass is 16.5. The van der Waals surface area contributed by atoms with E-state index in [1.165, 1.54) is 0 Å². The fourth-order valence-electron chi connectivity index (χ4n) is 1.59. The number of ether oxygens (including phenoxy) is 1. The number of nitrogens with one attached hydrogen (secondary N) is 1. The fourth-order valence-corrected chi connectivity index (χ4v) is 1.59.